The molecule has 1 atom stereocenters. The summed E-state index contributed by atoms with van der Waals surface area (Å²) in [5, 5.41) is 11.9. The number of hydrogen-bond donors (Lipinski definition) is 2. The van der Waals surface area contributed by atoms with Gasteiger partial charge in [0.2, 0.25) is 5.91 Å². The Labute approximate surface area is 106 Å². The first-order valence-corrected chi connectivity index (χ1v) is 6.18. The molecular formula is C14H17NO3. The number of fused-ring (bicyclic) bond motifs is 1. The zero-order valence-corrected chi connectivity index (χ0v) is 10.4. The highest BCUT2D eigenvalue weighted by molar-refractivity contribution is 5.87. The van der Waals surface area contributed by atoms with Crippen LogP contribution in [0.1, 0.15) is 41.3 Å². The fraction of sp³-hybridized carbons (Fsp3) is 0.429. The Balaban J connectivity index is 2.25. The van der Waals surface area contributed by atoms with E-state index < -0.39 is 5.97 Å². The number of aryl methyl sites for hydroxylation is 1. The Morgan fingerprint density at radius 3 is 2.78 bits per heavy atom. The van der Waals surface area contributed by atoms with Gasteiger partial charge in [-0.25, -0.2) is 4.79 Å². The smallest absolute Gasteiger partial charge is 0.335 e. The number of carboxylic acids is 1. The average molecular weight is 247 g/mol. The summed E-state index contributed by atoms with van der Waals surface area (Å²) in [6.45, 7) is 1.51. The summed E-state index contributed by atoms with van der Waals surface area (Å²) in [5.41, 5.74) is 2.57. The van der Waals surface area contributed by atoms with E-state index in [0.29, 0.717) is 5.56 Å². The molecule has 0 bridgehead atoms. The molecule has 4 heteroatoms. The summed E-state index contributed by atoms with van der Waals surface area (Å²) in [4.78, 5) is 22.1. The van der Waals surface area contributed by atoms with E-state index in [0.717, 1.165) is 31.2 Å². The highest BCUT2D eigenvalue weighted by Crippen LogP contribution is 2.22. The second-order valence-corrected chi connectivity index (χ2v) is 4.78. The number of aromatic carboxylic acids is 1. The van der Waals surface area contributed by atoms with Gasteiger partial charge in [0, 0.05) is 13.0 Å². The molecule has 96 valence electrons. The van der Waals surface area contributed by atoms with Crippen molar-refractivity contribution in [2.75, 3.05) is 0 Å². The molecule has 0 saturated carbocycles. The Kier molecular flexibility index (Phi) is 3.65. The van der Waals surface area contributed by atoms with Crippen LogP contribution in [0.5, 0.6) is 0 Å². The lowest BCUT2D eigenvalue weighted by molar-refractivity contribution is -0.119. The quantitative estimate of drug-likeness (QED) is 0.783. The van der Waals surface area contributed by atoms with Gasteiger partial charge in [0.1, 0.15) is 0 Å². The molecular weight excluding hydrogens is 230 g/mol. The molecule has 0 heterocycles. The largest absolute Gasteiger partial charge is 0.478 e. The van der Waals surface area contributed by atoms with Crippen molar-refractivity contribution in [3.05, 3.63) is 34.9 Å². The van der Waals surface area contributed by atoms with Gasteiger partial charge in [0.05, 0.1) is 5.56 Å². The number of nitrogens with one attached hydrogen (secondary N) is 1. The van der Waals surface area contributed by atoms with E-state index in [-0.39, 0.29) is 11.9 Å². The van der Waals surface area contributed by atoms with Gasteiger partial charge < -0.3 is 10.4 Å². The Morgan fingerprint density at radius 2 is 2.11 bits per heavy atom. The van der Waals surface area contributed by atoms with Crippen molar-refractivity contribution in [1.82, 2.24) is 5.32 Å². The lowest BCUT2D eigenvalue weighted by Gasteiger charge is -2.15. The summed E-state index contributed by atoms with van der Waals surface area (Å²) in [5.74, 6) is -0.934. The van der Waals surface area contributed by atoms with Crippen molar-refractivity contribution in [2.24, 2.45) is 0 Å². The minimum absolute atomic E-state index is 0.0298. The fourth-order valence-electron chi connectivity index (χ4n) is 2.51. The highest BCUT2D eigenvalue weighted by Gasteiger charge is 2.18. The topological polar surface area (TPSA) is 66.4 Å². The van der Waals surface area contributed by atoms with Crippen LogP contribution in [0.25, 0.3) is 0 Å². The van der Waals surface area contributed by atoms with Crippen molar-refractivity contribution in [3.63, 3.8) is 0 Å². The third-order valence-corrected chi connectivity index (χ3v) is 3.33. The van der Waals surface area contributed by atoms with Crippen molar-refractivity contribution in [3.8, 4) is 0 Å². The molecule has 4 nitrogen and oxygen atoms in total. The molecule has 1 aromatic rings. The molecule has 18 heavy (non-hydrogen) atoms. The summed E-state index contributed by atoms with van der Waals surface area (Å²) >= 11 is 0. The maximum Gasteiger partial charge on any atom is 0.335 e. The predicted molar refractivity (Wildman–Crippen MR) is 67.6 cm³/mol. The van der Waals surface area contributed by atoms with Gasteiger partial charge in [-0.3, -0.25) is 4.79 Å². The standard InChI is InChI=1S/C14H17NO3/c1-9(16)15-13-4-2-3-10-5-6-11(14(17)18)7-12(10)8-13/h5-7,13H,2-4,8H2,1H3,(H,15,16)(H,17,18). The maximum absolute atomic E-state index is 11.1. The molecule has 1 aliphatic carbocycles. The molecule has 2 N–H and O–H groups in total. The van der Waals surface area contributed by atoms with Crippen LogP contribution < -0.4 is 5.32 Å². The molecule has 1 aromatic carbocycles. The number of carbonyl (C=O) groups excluding carboxylic acids is 1. The van der Waals surface area contributed by atoms with Gasteiger partial charge in [0.15, 0.2) is 0 Å². The van der Waals surface area contributed by atoms with E-state index in [1.807, 2.05) is 6.07 Å². The number of carbonyl (C=O) groups is 2. The minimum atomic E-state index is -0.905. The van der Waals surface area contributed by atoms with E-state index in [2.05, 4.69) is 5.32 Å². The maximum atomic E-state index is 11.1. The molecule has 0 spiro atoms. The number of amides is 1. The summed E-state index contributed by atoms with van der Waals surface area (Å²) in [6.07, 6.45) is 3.63. The van der Waals surface area contributed by atoms with E-state index in [4.69, 9.17) is 5.11 Å². The van der Waals surface area contributed by atoms with Crippen molar-refractivity contribution in [2.45, 2.75) is 38.6 Å². The molecule has 0 radical (unpaired) electrons. The minimum Gasteiger partial charge on any atom is -0.478 e. The summed E-state index contributed by atoms with van der Waals surface area (Å²) in [6, 6.07) is 5.40. The number of carboxylic acid groups (broad SMARTS) is 1. The number of benzene rings is 1. The Morgan fingerprint density at radius 1 is 1.33 bits per heavy atom. The molecule has 1 aliphatic rings. The van der Waals surface area contributed by atoms with E-state index in [1.165, 1.54) is 12.5 Å². The van der Waals surface area contributed by atoms with E-state index >= 15 is 0 Å². The molecule has 0 aliphatic heterocycles. The van der Waals surface area contributed by atoms with Gasteiger partial charge in [-0.1, -0.05) is 6.07 Å². The van der Waals surface area contributed by atoms with Crippen LogP contribution in [0, 0.1) is 0 Å². The van der Waals surface area contributed by atoms with E-state index in [1.54, 1.807) is 12.1 Å². The van der Waals surface area contributed by atoms with Crippen molar-refractivity contribution in [1.29, 1.82) is 0 Å². The fourth-order valence-corrected chi connectivity index (χ4v) is 2.51. The molecule has 0 fully saturated rings. The molecule has 1 amide bonds. The van der Waals surface area contributed by atoms with Gasteiger partial charge in [-0.15, -0.1) is 0 Å². The van der Waals surface area contributed by atoms with Crippen LogP contribution in [0.4, 0.5) is 0 Å². The van der Waals surface area contributed by atoms with Crippen LogP contribution in [-0.2, 0) is 17.6 Å². The lowest BCUT2D eigenvalue weighted by atomic mass is 9.99. The molecule has 2 rings (SSSR count). The van der Waals surface area contributed by atoms with Crippen LogP contribution in [-0.4, -0.2) is 23.0 Å². The van der Waals surface area contributed by atoms with Gasteiger partial charge in [-0.2, -0.15) is 0 Å². The second kappa shape index (κ2) is 5.21. The third kappa shape index (κ3) is 2.88. The first-order valence-electron chi connectivity index (χ1n) is 6.18. The normalized spacial score (nSPS) is 18.6. The van der Waals surface area contributed by atoms with Gasteiger partial charge >= 0.3 is 5.97 Å². The molecule has 0 aromatic heterocycles. The first kappa shape index (κ1) is 12.6. The number of rotatable bonds is 2. The van der Waals surface area contributed by atoms with Gasteiger partial charge in [-0.05, 0) is 48.9 Å². The first-order chi connectivity index (χ1) is 8.56. The summed E-state index contributed by atoms with van der Waals surface area (Å²) < 4.78 is 0. The van der Waals surface area contributed by atoms with Crippen molar-refractivity contribution >= 4 is 11.9 Å². The van der Waals surface area contributed by atoms with Crippen LogP contribution >= 0.6 is 0 Å². The van der Waals surface area contributed by atoms with Crippen LogP contribution in [0.2, 0.25) is 0 Å². The monoisotopic (exact) mass is 247 g/mol. The van der Waals surface area contributed by atoms with Crippen LogP contribution in [0.15, 0.2) is 18.2 Å². The van der Waals surface area contributed by atoms with E-state index in [9.17, 15) is 9.59 Å². The Hall–Kier alpha value is -1.84. The molecule has 1 unspecified atom stereocenters. The Bertz CT molecular complexity index is 482. The SMILES string of the molecule is CC(=O)NC1CCCc2ccc(C(=O)O)cc2C1. The second-order valence-electron chi connectivity index (χ2n) is 4.78. The third-order valence-electron chi connectivity index (χ3n) is 3.33. The summed E-state index contributed by atoms with van der Waals surface area (Å²) in [7, 11) is 0. The average Bonchev–Trinajstić information content (AvgIpc) is 2.48. The lowest BCUT2D eigenvalue weighted by Crippen LogP contribution is -2.34. The highest BCUT2D eigenvalue weighted by atomic mass is 16.4. The molecule has 0 saturated heterocycles. The van der Waals surface area contributed by atoms with Crippen molar-refractivity contribution < 1.29 is 14.7 Å². The predicted octanol–water partition coefficient (Wildman–Crippen LogP) is 1.77. The number of hydrogen-bond acceptors (Lipinski definition) is 2. The van der Waals surface area contributed by atoms with Gasteiger partial charge in [0.25, 0.3) is 0 Å². The van der Waals surface area contributed by atoms with Crippen LogP contribution in [0.3, 0.4) is 0 Å². The zero-order valence-electron chi connectivity index (χ0n) is 10.4. The zero-order chi connectivity index (χ0) is 13.1.